The number of aliphatic hydroxyl groups is 1. The maximum Gasteiger partial charge on any atom is 0.123 e. The molecule has 0 saturated heterocycles. The van der Waals surface area contributed by atoms with Crippen LogP contribution in [0, 0.1) is 0 Å². The van der Waals surface area contributed by atoms with Crippen LogP contribution in [0.2, 0.25) is 0 Å². The quantitative estimate of drug-likeness (QED) is 0.854. The van der Waals surface area contributed by atoms with Crippen molar-refractivity contribution in [1.29, 1.82) is 0 Å². The maximum atomic E-state index is 9.78. The molecule has 0 aliphatic heterocycles. The van der Waals surface area contributed by atoms with Crippen LogP contribution < -0.4 is 4.74 Å². The van der Waals surface area contributed by atoms with E-state index in [1.54, 1.807) is 7.11 Å². The summed E-state index contributed by atoms with van der Waals surface area (Å²) in [5.74, 6) is 1.82. The fraction of sp³-hybridized carbons (Fsp3) is 0.471. The van der Waals surface area contributed by atoms with Gasteiger partial charge >= 0.3 is 0 Å². The van der Waals surface area contributed by atoms with Crippen molar-refractivity contribution >= 4 is 0 Å². The van der Waals surface area contributed by atoms with Crippen LogP contribution >= 0.6 is 0 Å². The van der Waals surface area contributed by atoms with Gasteiger partial charge < -0.3 is 14.4 Å². The number of ether oxygens (including phenoxy) is 1. The average molecular weight is 303 g/mol. The molecule has 22 heavy (non-hydrogen) atoms. The van der Waals surface area contributed by atoms with Crippen molar-refractivity contribution in [3.8, 4) is 5.75 Å². The van der Waals surface area contributed by atoms with Gasteiger partial charge in [-0.1, -0.05) is 12.1 Å². The number of aromatic nitrogens is 2. The summed E-state index contributed by atoms with van der Waals surface area (Å²) in [5, 5.41) is 9.78. The molecular weight excluding hydrogens is 278 g/mol. The molecule has 0 aliphatic rings. The van der Waals surface area contributed by atoms with E-state index in [1.807, 2.05) is 43.7 Å². The smallest absolute Gasteiger partial charge is 0.123 e. The molecule has 2 rings (SSSR count). The van der Waals surface area contributed by atoms with Gasteiger partial charge in [0.15, 0.2) is 0 Å². The van der Waals surface area contributed by atoms with Crippen LogP contribution in [-0.2, 0) is 6.54 Å². The molecule has 5 heteroatoms. The Balaban J connectivity index is 2.14. The van der Waals surface area contributed by atoms with Crippen molar-refractivity contribution in [2.45, 2.75) is 32.5 Å². The molecule has 0 amide bonds. The van der Waals surface area contributed by atoms with Crippen LogP contribution in [-0.4, -0.2) is 40.3 Å². The van der Waals surface area contributed by atoms with Crippen molar-refractivity contribution in [2.24, 2.45) is 0 Å². The van der Waals surface area contributed by atoms with Gasteiger partial charge in [-0.05, 0) is 38.6 Å². The van der Waals surface area contributed by atoms with E-state index in [4.69, 9.17) is 4.74 Å². The lowest BCUT2D eigenvalue weighted by atomic mass is 10.1. The molecule has 1 heterocycles. The monoisotopic (exact) mass is 303 g/mol. The largest absolute Gasteiger partial charge is 0.497 e. The summed E-state index contributed by atoms with van der Waals surface area (Å²) in [5.41, 5.74) is 1.06. The van der Waals surface area contributed by atoms with E-state index in [-0.39, 0.29) is 12.6 Å². The fourth-order valence-electron chi connectivity index (χ4n) is 2.60. The third-order valence-electron chi connectivity index (χ3n) is 3.90. The SMILES string of the molecule is COc1ccc(C(CO)N(C)Cc2nccn2C(C)C)cc1. The van der Waals surface area contributed by atoms with E-state index in [1.165, 1.54) is 0 Å². The van der Waals surface area contributed by atoms with Gasteiger partial charge in [0.05, 0.1) is 26.3 Å². The highest BCUT2D eigenvalue weighted by atomic mass is 16.5. The standard InChI is InChI=1S/C17H25N3O2/c1-13(2)20-10-9-18-17(20)11-19(3)16(12-21)14-5-7-15(22-4)8-6-14/h5-10,13,16,21H,11-12H2,1-4H3. The summed E-state index contributed by atoms with van der Waals surface area (Å²) in [7, 11) is 3.65. The lowest BCUT2D eigenvalue weighted by Gasteiger charge is -2.27. The molecule has 5 nitrogen and oxygen atoms in total. The lowest BCUT2D eigenvalue weighted by molar-refractivity contribution is 0.138. The van der Waals surface area contributed by atoms with E-state index >= 15 is 0 Å². The Bertz CT molecular complexity index is 578. The van der Waals surface area contributed by atoms with Crippen molar-refractivity contribution in [3.05, 3.63) is 48.0 Å². The van der Waals surface area contributed by atoms with Gasteiger partial charge in [-0.25, -0.2) is 4.98 Å². The summed E-state index contributed by atoms with van der Waals surface area (Å²) in [6, 6.07) is 8.13. The van der Waals surface area contributed by atoms with Crippen molar-refractivity contribution in [1.82, 2.24) is 14.5 Å². The summed E-state index contributed by atoms with van der Waals surface area (Å²) in [6.45, 7) is 5.02. The molecule has 0 saturated carbocycles. The van der Waals surface area contributed by atoms with Crippen LogP contribution in [0.5, 0.6) is 5.75 Å². The number of methoxy groups -OCH3 is 1. The van der Waals surface area contributed by atoms with E-state index in [9.17, 15) is 5.11 Å². The zero-order valence-corrected chi connectivity index (χ0v) is 13.7. The predicted molar refractivity (Wildman–Crippen MR) is 86.9 cm³/mol. The Morgan fingerprint density at radius 1 is 1.27 bits per heavy atom. The fourth-order valence-corrected chi connectivity index (χ4v) is 2.60. The van der Waals surface area contributed by atoms with Gasteiger partial charge in [0.2, 0.25) is 0 Å². The summed E-state index contributed by atoms with van der Waals surface area (Å²) in [4.78, 5) is 6.55. The molecule has 1 unspecified atom stereocenters. The van der Waals surface area contributed by atoms with E-state index in [0.717, 1.165) is 17.1 Å². The predicted octanol–water partition coefficient (Wildman–Crippen LogP) is 2.64. The van der Waals surface area contributed by atoms with Crippen LogP contribution in [0.1, 0.15) is 37.3 Å². The molecule has 0 aliphatic carbocycles. The first-order chi connectivity index (χ1) is 10.6. The van der Waals surface area contributed by atoms with Gasteiger partial charge in [-0.2, -0.15) is 0 Å². The van der Waals surface area contributed by atoms with Crippen molar-refractivity contribution in [3.63, 3.8) is 0 Å². The van der Waals surface area contributed by atoms with Gasteiger partial charge in [-0.15, -0.1) is 0 Å². The zero-order valence-electron chi connectivity index (χ0n) is 13.7. The zero-order chi connectivity index (χ0) is 16.1. The molecule has 120 valence electrons. The second-order valence-corrected chi connectivity index (χ2v) is 5.73. The first-order valence-corrected chi connectivity index (χ1v) is 7.53. The number of hydrogen-bond acceptors (Lipinski definition) is 4. The number of nitrogens with zero attached hydrogens (tertiary/aromatic N) is 3. The highest BCUT2D eigenvalue weighted by molar-refractivity contribution is 5.29. The van der Waals surface area contributed by atoms with Crippen molar-refractivity contribution in [2.75, 3.05) is 20.8 Å². The van der Waals surface area contributed by atoms with Crippen LogP contribution in [0.3, 0.4) is 0 Å². The molecule has 1 N–H and O–H groups in total. The molecule has 1 aromatic heterocycles. The normalized spacial score (nSPS) is 12.9. The number of rotatable bonds is 7. The van der Waals surface area contributed by atoms with Gasteiger partial charge in [-0.3, -0.25) is 4.90 Å². The summed E-state index contributed by atoms with van der Waals surface area (Å²) < 4.78 is 7.33. The molecule has 1 aromatic carbocycles. The topological polar surface area (TPSA) is 50.5 Å². The van der Waals surface area contributed by atoms with Gasteiger partial charge in [0.1, 0.15) is 11.6 Å². The van der Waals surface area contributed by atoms with Gasteiger partial charge in [0.25, 0.3) is 0 Å². The minimum atomic E-state index is -0.0665. The Hall–Kier alpha value is -1.85. The number of likely N-dealkylation sites (N-methyl/N-ethyl adjacent to an activating group) is 1. The second-order valence-electron chi connectivity index (χ2n) is 5.73. The Labute approximate surface area is 132 Å². The molecule has 2 aromatic rings. The van der Waals surface area contributed by atoms with E-state index < -0.39 is 0 Å². The molecule has 1 atom stereocenters. The Morgan fingerprint density at radius 3 is 2.50 bits per heavy atom. The minimum Gasteiger partial charge on any atom is -0.497 e. The number of imidazole rings is 1. The summed E-state index contributed by atoms with van der Waals surface area (Å²) >= 11 is 0. The average Bonchev–Trinajstić information content (AvgIpc) is 2.97. The number of benzene rings is 1. The third-order valence-corrected chi connectivity index (χ3v) is 3.90. The molecule has 0 spiro atoms. The highest BCUT2D eigenvalue weighted by Gasteiger charge is 2.18. The lowest BCUT2D eigenvalue weighted by Crippen LogP contribution is -2.28. The first-order valence-electron chi connectivity index (χ1n) is 7.53. The highest BCUT2D eigenvalue weighted by Crippen LogP contribution is 2.23. The van der Waals surface area contributed by atoms with Crippen LogP contribution in [0.25, 0.3) is 0 Å². The molecular formula is C17H25N3O2. The Morgan fingerprint density at radius 2 is 1.95 bits per heavy atom. The maximum absolute atomic E-state index is 9.78. The summed E-state index contributed by atoms with van der Waals surface area (Å²) in [6.07, 6.45) is 3.82. The minimum absolute atomic E-state index is 0.0607. The number of hydrogen-bond donors (Lipinski definition) is 1. The van der Waals surface area contributed by atoms with E-state index in [2.05, 4.69) is 28.3 Å². The van der Waals surface area contributed by atoms with Crippen LogP contribution in [0.15, 0.2) is 36.7 Å². The molecule has 0 fully saturated rings. The van der Waals surface area contributed by atoms with E-state index in [0.29, 0.717) is 12.6 Å². The third kappa shape index (κ3) is 3.67. The second kappa shape index (κ2) is 7.42. The van der Waals surface area contributed by atoms with Crippen LogP contribution in [0.4, 0.5) is 0 Å². The van der Waals surface area contributed by atoms with Gasteiger partial charge in [0, 0.05) is 18.4 Å². The Kier molecular flexibility index (Phi) is 5.57. The molecule has 0 bridgehead atoms. The first kappa shape index (κ1) is 16.5. The van der Waals surface area contributed by atoms with Crippen molar-refractivity contribution < 1.29 is 9.84 Å². The molecule has 0 radical (unpaired) electrons. The number of aliphatic hydroxyl groups excluding tert-OH is 1.